The fourth-order valence-electron chi connectivity index (χ4n) is 2.10. The molecule has 2 rings (SSSR count). The van der Waals surface area contributed by atoms with Gasteiger partial charge < -0.3 is 19.8 Å². The second kappa shape index (κ2) is 7.57. The van der Waals surface area contributed by atoms with Gasteiger partial charge in [-0.1, -0.05) is 11.6 Å². The highest BCUT2D eigenvalue weighted by Crippen LogP contribution is 2.37. The zero-order valence-electron chi connectivity index (χ0n) is 13.8. The molecule has 130 valence electrons. The Balaban J connectivity index is 0.00000264. The van der Waals surface area contributed by atoms with E-state index >= 15 is 0 Å². The van der Waals surface area contributed by atoms with Crippen molar-refractivity contribution < 1.29 is 18.4 Å². The number of hydrogen-bond acceptors (Lipinski definition) is 4. The number of benzene rings is 1. The normalized spacial score (nSPS) is 20.0. The third kappa shape index (κ3) is 4.73. The molecule has 1 aromatic carbocycles. The molecule has 1 aliphatic rings. The molecule has 0 saturated carbocycles. The highest BCUT2D eigenvalue weighted by molar-refractivity contribution is 6.47. The van der Waals surface area contributed by atoms with Crippen LogP contribution in [-0.4, -0.2) is 30.9 Å². The molecule has 1 heterocycles. The lowest BCUT2D eigenvalue weighted by molar-refractivity contribution is 0.00578. The Bertz CT molecular complexity index is 529. The molecule has 0 aromatic heterocycles. The molecule has 0 aliphatic carbocycles. The average molecular weight is 366 g/mol. The average Bonchev–Trinajstić information content (AvgIpc) is 2.61. The maximum atomic E-state index is 13.6. The molecule has 1 aliphatic heterocycles. The zero-order valence-corrected chi connectivity index (χ0v) is 15.3. The Kier molecular flexibility index (Phi) is 6.76. The Labute approximate surface area is 148 Å². The topological polar surface area (TPSA) is 53.7 Å². The first-order valence-electron chi connectivity index (χ1n) is 7.31. The van der Waals surface area contributed by atoms with Gasteiger partial charge in [0.1, 0.15) is 0 Å². The van der Waals surface area contributed by atoms with Crippen LogP contribution in [-0.2, 0) is 9.31 Å². The van der Waals surface area contributed by atoms with E-state index in [1.54, 1.807) is 6.07 Å². The van der Waals surface area contributed by atoms with E-state index in [0.717, 1.165) is 0 Å². The van der Waals surface area contributed by atoms with Crippen molar-refractivity contribution in [3.63, 3.8) is 0 Å². The number of ether oxygens (including phenoxy) is 1. The summed E-state index contributed by atoms with van der Waals surface area (Å²) in [5.74, 6) is -0.682. The number of rotatable bonds is 5. The summed E-state index contributed by atoms with van der Waals surface area (Å²) in [7, 11) is -0.497. The van der Waals surface area contributed by atoms with Gasteiger partial charge in [0.2, 0.25) is 0 Å². The van der Waals surface area contributed by atoms with Crippen LogP contribution in [0, 0.1) is 5.82 Å². The second-order valence-electron chi connectivity index (χ2n) is 6.50. The standard InChI is InChI=1S/C15H22BClFNO3.ClH/c1-14(2)15(3,4)22-16(21-14)13(19)7-8-20-12-6-5-10(17)9-11(12)18;/h5-6,9,13H,7-8,19H2,1-4H3;1H. The SMILES string of the molecule is CC1(C)OB(C(N)CCOc2ccc(Cl)cc2F)OC1(C)C.Cl. The maximum Gasteiger partial charge on any atom is 0.475 e. The summed E-state index contributed by atoms with van der Waals surface area (Å²) in [6.07, 6.45) is 0.485. The maximum absolute atomic E-state index is 13.6. The molecular weight excluding hydrogens is 343 g/mol. The molecule has 1 unspecified atom stereocenters. The van der Waals surface area contributed by atoms with Gasteiger partial charge in [-0.3, -0.25) is 0 Å². The summed E-state index contributed by atoms with van der Waals surface area (Å²) < 4.78 is 30.7. The first-order valence-corrected chi connectivity index (χ1v) is 7.69. The molecule has 1 aromatic rings. The van der Waals surface area contributed by atoms with Gasteiger partial charge in [-0.25, -0.2) is 4.39 Å². The molecule has 0 bridgehead atoms. The molecule has 8 heteroatoms. The molecule has 23 heavy (non-hydrogen) atoms. The summed E-state index contributed by atoms with van der Waals surface area (Å²) in [6, 6.07) is 4.29. The molecular formula is C15H23BCl2FNO3. The molecule has 0 amide bonds. The summed E-state index contributed by atoms with van der Waals surface area (Å²) in [6.45, 7) is 8.15. The summed E-state index contributed by atoms with van der Waals surface area (Å²) in [4.78, 5) is 0. The monoisotopic (exact) mass is 365 g/mol. The summed E-state index contributed by atoms with van der Waals surface area (Å²) in [5, 5.41) is 0.332. The van der Waals surface area contributed by atoms with Crippen molar-refractivity contribution in [1.29, 1.82) is 0 Å². The van der Waals surface area contributed by atoms with Crippen molar-refractivity contribution in [3.8, 4) is 5.75 Å². The van der Waals surface area contributed by atoms with Crippen LogP contribution < -0.4 is 10.5 Å². The van der Waals surface area contributed by atoms with Crippen LogP contribution >= 0.6 is 24.0 Å². The van der Waals surface area contributed by atoms with E-state index in [4.69, 9.17) is 31.4 Å². The minimum Gasteiger partial charge on any atom is -0.490 e. The van der Waals surface area contributed by atoms with Gasteiger partial charge in [0.25, 0.3) is 0 Å². The minimum absolute atomic E-state index is 0. The molecule has 2 N–H and O–H groups in total. The fraction of sp³-hybridized carbons (Fsp3) is 0.600. The highest BCUT2D eigenvalue weighted by Gasteiger charge is 2.52. The van der Waals surface area contributed by atoms with E-state index in [1.165, 1.54) is 12.1 Å². The van der Waals surface area contributed by atoms with E-state index in [0.29, 0.717) is 11.4 Å². The van der Waals surface area contributed by atoms with Gasteiger partial charge >= 0.3 is 7.12 Å². The van der Waals surface area contributed by atoms with E-state index < -0.39 is 24.1 Å². The van der Waals surface area contributed by atoms with Gasteiger partial charge in [-0.15, -0.1) is 12.4 Å². The first kappa shape index (κ1) is 20.5. The predicted molar refractivity (Wildman–Crippen MR) is 92.8 cm³/mol. The van der Waals surface area contributed by atoms with Crippen LogP contribution in [0.25, 0.3) is 0 Å². The van der Waals surface area contributed by atoms with Crippen LogP contribution in [0.1, 0.15) is 34.1 Å². The van der Waals surface area contributed by atoms with Crippen molar-refractivity contribution in [2.75, 3.05) is 6.61 Å². The third-order valence-electron chi connectivity index (χ3n) is 4.22. The smallest absolute Gasteiger partial charge is 0.475 e. The zero-order chi connectivity index (χ0) is 16.5. The predicted octanol–water partition coefficient (Wildman–Crippen LogP) is 3.63. The van der Waals surface area contributed by atoms with Crippen molar-refractivity contribution in [2.45, 2.75) is 51.3 Å². The molecule has 0 radical (unpaired) electrons. The van der Waals surface area contributed by atoms with Gasteiger partial charge in [0, 0.05) is 11.0 Å². The second-order valence-corrected chi connectivity index (χ2v) is 6.94. The van der Waals surface area contributed by atoms with Gasteiger partial charge in [-0.2, -0.15) is 0 Å². The minimum atomic E-state index is -0.497. The van der Waals surface area contributed by atoms with Gasteiger partial charge in [-0.05, 0) is 52.3 Å². The van der Waals surface area contributed by atoms with Crippen LogP contribution in [0.2, 0.25) is 5.02 Å². The molecule has 1 atom stereocenters. The lowest BCUT2D eigenvalue weighted by atomic mass is 9.77. The third-order valence-corrected chi connectivity index (χ3v) is 4.46. The van der Waals surface area contributed by atoms with Crippen LogP contribution in [0.5, 0.6) is 5.75 Å². The largest absolute Gasteiger partial charge is 0.490 e. The molecule has 4 nitrogen and oxygen atoms in total. The Morgan fingerprint density at radius 1 is 1.26 bits per heavy atom. The van der Waals surface area contributed by atoms with E-state index in [9.17, 15) is 4.39 Å². The quantitative estimate of drug-likeness (QED) is 0.809. The Morgan fingerprint density at radius 2 is 1.83 bits per heavy atom. The van der Waals surface area contributed by atoms with Gasteiger partial charge in [0.15, 0.2) is 11.6 Å². The highest BCUT2D eigenvalue weighted by atomic mass is 35.5. The molecule has 0 spiro atoms. The lowest BCUT2D eigenvalue weighted by Gasteiger charge is -2.32. The van der Waals surface area contributed by atoms with Crippen molar-refractivity contribution in [3.05, 3.63) is 29.0 Å². The molecule has 1 fully saturated rings. The van der Waals surface area contributed by atoms with E-state index in [-0.39, 0.29) is 30.7 Å². The van der Waals surface area contributed by atoms with Crippen molar-refractivity contribution >= 4 is 31.1 Å². The van der Waals surface area contributed by atoms with Crippen molar-refractivity contribution in [2.24, 2.45) is 5.73 Å². The van der Waals surface area contributed by atoms with E-state index in [1.807, 2.05) is 27.7 Å². The Morgan fingerprint density at radius 3 is 2.35 bits per heavy atom. The number of hydrogen-bond donors (Lipinski definition) is 1. The summed E-state index contributed by atoms with van der Waals surface area (Å²) >= 11 is 5.69. The lowest BCUT2D eigenvalue weighted by Crippen LogP contribution is -2.42. The first-order chi connectivity index (χ1) is 10.1. The van der Waals surface area contributed by atoms with Gasteiger partial charge in [0.05, 0.1) is 17.8 Å². The van der Waals surface area contributed by atoms with Crippen LogP contribution in [0.4, 0.5) is 4.39 Å². The fourth-order valence-corrected chi connectivity index (χ4v) is 2.26. The Hall–Kier alpha value is -0.525. The number of halogens is 3. The van der Waals surface area contributed by atoms with Crippen LogP contribution in [0.15, 0.2) is 18.2 Å². The number of nitrogens with two attached hydrogens (primary N) is 1. The van der Waals surface area contributed by atoms with Crippen molar-refractivity contribution in [1.82, 2.24) is 0 Å². The van der Waals surface area contributed by atoms with Crippen LogP contribution in [0.3, 0.4) is 0 Å². The van der Waals surface area contributed by atoms with E-state index in [2.05, 4.69) is 0 Å². The molecule has 1 saturated heterocycles. The summed E-state index contributed by atoms with van der Waals surface area (Å²) in [5.41, 5.74) is 5.27.